The minimum atomic E-state index is -0.261. The maximum absolute atomic E-state index is 12.0. The number of anilines is 1. The van der Waals surface area contributed by atoms with Crippen LogP contribution in [-0.4, -0.2) is 22.7 Å². The van der Waals surface area contributed by atoms with Gasteiger partial charge in [-0.1, -0.05) is 47.2 Å². The van der Waals surface area contributed by atoms with Gasteiger partial charge in [-0.25, -0.2) is 0 Å². The fourth-order valence-electron chi connectivity index (χ4n) is 2.18. The fraction of sp³-hybridized carbons (Fsp3) is 0.167. The highest BCUT2D eigenvalue weighted by Crippen LogP contribution is 2.26. The summed E-state index contributed by atoms with van der Waals surface area (Å²) in [5.74, 6) is 0.409. The molecule has 0 saturated heterocycles. The molecule has 0 atom stereocenters. The first-order chi connectivity index (χ1) is 11.6. The van der Waals surface area contributed by atoms with Crippen molar-refractivity contribution in [2.24, 2.45) is 0 Å². The number of carbonyl (C=O) groups is 1. The normalized spacial score (nSPS) is 10.4. The van der Waals surface area contributed by atoms with Crippen LogP contribution in [0, 0.1) is 13.8 Å². The number of ether oxygens (including phenoxy) is 1. The Labute approximate surface area is 144 Å². The number of nitrogens with one attached hydrogen (secondary N) is 1. The molecular weight excluding hydrogens is 322 g/mol. The summed E-state index contributed by atoms with van der Waals surface area (Å²) < 4.78 is 5.47. The van der Waals surface area contributed by atoms with E-state index in [0.717, 1.165) is 21.7 Å². The van der Waals surface area contributed by atoms with Crippen LogP contribution in [0.5, 0.6) is 5.75 Å². The summed E-state index contributed by atoms with van der Waals surface area (Å²) in [6.07, 6.45) is 0. The van der Waals surface area contributed by atoms with Gasteiger partial charge in [-0.3, -0.25) is 10.1 Å². The Morgan fingerprint density at radius 1 is 1.08 bits per heavy atom. The Bertz CT molecular complexity index is 861. The first-order valence-corrected chi connectivity index (χ1v) is 8.32. The number of carbonyl (C=O) groups excluding carboxylic acids is 1. The van der Waals surface area contributed by atoms with Crippen molar-refractivity contribution in [3.8, 4) is 16.3 Å². The van der Waals surface area contributed by atoms with Crippen LogP contribution in [0.4, 0.5) is 5.13 Å². The Morgan fingerprint density at radius 2 is 1.83 bits per heavy atom. The number of hydrogen-bond donors (Lipinski definition) is 1. The van der Waals surface area contributed by atoms with E-state index in [1.807, 2.05) is 62.4 Å². The van der Waals surface area contributed by atoms with E-state index in [-0.39, 0.29) is 12.5 Å². The van der Waals surface area contributed by atoms with Gasteiger partial charge in [0.2, 0.25) is 5.13 Å². The summed E-state index contributed by atoms with van der Waals surface area (Å²) in [5, 5.41) is 12.1. The number of aryl methyl sites for hydroxylation is 2. The molecule has 5 nitrogen and oxygen atoms in total. The molecule has 0 radical (unpaired) electrons. The Morgan fingerprint density at radius 3 is 2.58 bits per heavy atom. The highest BCUT2D eigenvalue weighted by atomic mass is 32.1. The Hall–Kier alpha value is -2.73. The van der Waals surface area contributed by atoms with Crippen LogP contribution in [0.1, 0.15) is 11.1 Å². The summed E-state index contributed by atoms with van der Waals surface area (Å²) in [6.45, 7) is 3.93. The van der Waals surface area contributed by atoms with Crippen molar-refractivity contribution in [1.29, 1.82) is 0 Å². The minimum Gasteiger partial charge on any atom is -0.484 e. The maximum atomic E-state index is 12.0. The quantitative estimate of drug-likeness (QED) is 0.767. The lowest BCUT2D eigenvalue weighted by Gasteiger charge is -2.06. The molecule has 1 heterocycles. The van der Waals surface area contributed by atoms with Gasteiger partial charge in [0.05, 0.1) is 0 Å². The first-order valence-electron chi connectivity index (χ1n) is 7.50. The van der Waals surface area contributed by atoms with E-state index in [9.17, 15) is 4.79 Å². The summed E-state index contributed by atoms with van der Waals surface area (Å²) in [6, 6.07) is 15.6. The predicted octanol–water partition coefficient (Wildman–Crippen LogP) is 3.84. The fourth-order valence-corrected chi connectivity index (χ4v) is 2.93. The van der Waals surface area contributed by atoms with Gasteiger partial charge in [-0.05, 0) is 37.6 Å². The monoisotopic (exact) mass is 339 g/mol. The van der Waals surface area contributed by atoms with Gasteiger partial charge in [-0.15, -0.1) is 10.2 Å². The Balaban J connectivity index is 1.59. The predicted molar refractivity (Wildman–Crippen MR) is 95.4 cm³/mol. The molecule has 6 heteroatoms. The zero-order valence-electron chi connectivity index (χ0n) is 13.4. The molecule has 0 aliphatic rings. The first kappa shape index (κ1) is 16.1. The molecule has 0 bridgehead atoms. The molecule has 122 valence electrons. The average Bonchev–Trinajstić information content (AvgIpc) is 3.01. The van der Waals surface area contributed by atoms with Crippen LogP contribution < -0.4 is 10.1 Å². The van der Waals surface area contributed by atoms with E-state index >= 15 is 0 Å². The lowest BCUT2D eigenvalue weighted by Crippen LogP contribution is -2.20. The van der Waals surface area contributed by atoms with E-state index in [1.54, 1.807) is 0 Å². The van der Waals surface area contributed by atoms with Crippen molar-refractivity contribution < 1.29 is 9.53 Å². The van der Waals surface area contributed by atoms with E-state index < -0.39 is 0 Å². The highest BCUT2D eigenvalue weighted by Gasteiger charge is 2.10. The topological polar surface area (TPSA) is 64.1 Å². The molecule has 0 saturated carbocycles. The lowest BCUT2D eigenvalue weighted by atomic mass is 10.1. The molecule has 0 spiro atoms. The van der Waals surface area contributed by atoms with Crippen LogP contribution in [-0.2, 0) is 4.79 Å². The summed E-state index contributed by atoms with van der Waals surface area (Å²) in [7, 11) is 0. The Kier molecular flexibility index (Phi) is 4.86. The van der Waals surface area contributed by atoms with Crippen molar-refractivity contribution in [1.82, 2.24) is 10.2 Å². The number of benzene rings is 2. The van der Waals surface area contributed by atoms with Crippen molar-refractivity contribution in [2.45, 2.75) is 13.8 Å². The molecule has 24 heavy (non-hydrogen) atoms. The van der Waals surface area contributed by atoms with Gasteiger partial charge in [0.15, 0.2) is 6.61 Å². The SMILES string of the molecule is Cc1cccc(OCC(=O)Nc2nnc(-c3cccc(C)c3)s2)c1. The molecular formula is C18H17N3O2S. The number of aromatic nitrogens is 2. The number of rotatable bonds is 5. The lowest BCUT2D eigenvalue weighted by molar-refractivity contribution is -0.118. The van der Waals surface area contributed by atoms with Crippen LogP contribution in [0.15, 0.2) is 48.5 Å². The molecule has 0 aliphatic carbocycles. The van der Waals surface area contributed by atoms with Gasteiger partial charge in [0, 0.05) is 5.56 Å². The molecule has 0 unspecified atom stereocenters. The smallest absolute Gasteiger partial charge is 0.264 e. The second kappa shape index (κ2) is 7.23. The number of amides is 1. The average molecular weight is 339 g/mol. The van der Waals surface area contributed by atoms with E-state index in [1.165, 1.54) is 11.3 Å². The van der Waals surface area contributed by atoms with Gasteiger partial charge in [0.25, 0.3) is 5.91 Å². The molecule has 2 aromatic carbocycles. The molecule has 3 aromatic rings. The highest BCUT2D eigenvalue weighted by molar-refractivity contribution is 7.18. The van der Waals surface area contributed by atoms with Gasteiger partial charge >= 0.3 is 0 Å². The van der Waals surface area contributed by atoms with Crippen molar-refractivity contribution in [3.63, 3.8) is 0 Å². The third-order valence-corrected chi connectivity index (χ3v) is 4.18. The minimum absolute atomic E-state index is 0.0667. The summed E-state index contributed by atoms with van der Waals surface area (Å²) >= 11 is 1.34. The molecule has 3 rings (SSSR count). The second-order valence-corrected chi connectivity index (χ2v) is 6.41. The molecule has 0 fully saturated rings. The van der Waals surface area contributed by atoms with Crippen LogP contribution in [0.3, 0.4) is 0 Å². The third-order valence-electron chi connectivity index (χ3n) is 3.30. The molecule has 1 N–H and O–H groups in total. The molecule has 1 amide bonds. The van der Waals surface area contributed by atoms with Crippen LogP contribution in [0.25, 0.3) is 10.6 Å². The van der Waals surface area contributed by atoms with Gasteiger partial charge < -0.3 is 4.74 Å². The largest absolute Gasteiger partial charge is 0.484 e. The molecule has 1 aromatic heterocycles. The number of nitrogens with zero attached hydrogens (tertiary/aromatic N) is 2. The second-order valence-electron chi connectivity index (χ2n) is 5.44. The van der Waals surface area contributed by atoms with Crippen molar-refractivity contribution in [3.05, 3.63) is 59.7 Å². The maximum Gasteiger partial charge on any atom is 0.264 e. The zero-order valence-corrected chi connectivity index (χ0v) is 14.3. The third kappa shape index (κ3) is 4.17. The number of hydrogen-bond acceptors (Lipinski definition) is 5. The standard InChI is InChI=1S/C18H17N3O2S/c1-12-5-3-7-14(9-12)17-20-21-18(24-17)19-16(22)11-23-15-8-4-6-13(2)10-15/h3-10H,11H2,1-2H3,(H,19,21,22). The van der Waals surface area contributed by atoms with Crippen molar-refractivity contribution >= 4 is 22.4 Å². The van der Waals surface area contributed by atoms with Crippen LogP contribution >= 0.6 is 11.3 Å². The van der Waals surface area contributed by atoms with E-state index in [2.05, 4.69) is 15.5 Å². The molecule has 0 aliphatic heterocycles. The van der Waals surface area contributed by atoms with E-state index in [4.69, 9.17) is 4.74 Å². The van der Waals surface area contributed by atoms with E-state index in [0.29, 0.717) is 10.9 Å². The van der Waals surface area contributed by atoms with Gasteiger partial charge in [-0.2, -0.15) is 0 Å². The van der Waals surface area contributed by atoms with Crippen molar-refractivity contribution in [2.75, 3.05) is 11.9 Å². The van der Waals surface area contributed by atoms with Gasteiger partial charge in [0.1, 0.15) is 10.8 Å². The zero-order chi connectivity index (χ0) is 16.9. The van der Waals surface area contributed by atoms with Crippen LogP contribution in [0.2, 0.25) is 0 Å². The summed E-state index contributed by atoms with van der Waals surface area (Å²) in [4.78, 5) is 12.0. The summed E-state index contributed by atoms with van der Waals surface area (Å²) in [5.41, 5.74) is 3.23.